The third kappa shape index (κ3) is 3.04. The van der Waals surface area contributed by atoms with Crippen LogP contribution in [0.25, 0.3) is 0 Å². The van der Waals surface area contributed by atoms with E-state index in [2.05, 4.69) is 4.72 Å². The number of nitrogens with zero attached hydrogens (tertiary/aromatic N) is 1. The molecule has 0 bridgehead atoms. The van der Waals surface area contributed by atoms with Crippen molar-refractivity contribution >= 4 is 16.7 Å². The van der Waals surface area contributed by atoms with Gasteiger partial charge in [-0.1, -0.05) is 0 Å². The number of anilines is 1. The van der Waals surface area contributed by atoms with Crippen LogP contribution in [0.4, 0.5) is 10.1 Å². The van der Waals surface area contributed by atoms with Gasteiger partial charge in [-0.15, -0.1) is 0 Å². The van der Waals surface area contributed by atoms with Gasteiger partial charge in [0.1, 0.15) is 22.9 Å². The largest absolute Gasteiger partial charge is 0.305 e. The van der Waals surface area contributed by atoms with Gasteiger partial charge in [-0.05, 0) is 39.0 Å². The molecule has 0 aliphatic heterocycles. The highest BCUT2D eigenvalue weighted by Gasteiger charge is 2.19. The van der Waals surface area contributed by atoms with Gasteiger partial charge in [-0.3, -0.25) is 0 Å². The summed E-state index contributed by atoms with van der Waals surface area (Å²) in [6.07, 6.45) is 0. The Morgan fingerprint density at radius 3 is 2.50 bits per heavy atom. The summed E-state index contributed by atoms with van der Waals surface area (Å²) < 4.78 is 27.2. The highest BCUT2D eigenvalue weighted by atomic mass is 32.2. The molecule has 1 aromatic carbocycles. The van der Waals surface area contributed by atoms with E-state index in [4.69, 9.17) is 5.26 Å². The number of nitrogens with one attached hydrogen (secondary N) is 1. The molecule has 0 heterocycles. The van der Waals surface area contributed by atoms with Gasteiger partial charge in [0, 0.05) is 5.69 Å². The Morgan fingerprint density at radius 2 is 2.06 bits per heavy atom. The molecule has 0 amide bonds. The Kier molecular flexibility index (Phi) is 3.66. The third-order valence-electron chi connectivity index (χ3n) is 1.86. The summed E-state index contributed by atoms with van der Waals surface area (Å²) in [5.74, 6) is -0.613. The van der Waals surface area contributed by atoms with E-state index in [0.717, 1.165) is 0 Å². The SMILES string of the molecule is CC(C)(C)S(=O)Nc1ccc(C#N)c(F)c1. The van der Waals surface area contributed by atoms with Crippen molar-refractivity contribution in [3.8, 4) is 6.07 Å². The molecule has 0 saturated carbocycles. The van der Waals surface area contributed by atoms with Gasteiger partial charge in [0.25, 0.3) is 0 Å². The molecule has 1 N–H and O–H groups in total. The molecule has 16 heavy (non-hydrogen) atoms. The Labute approximate surface area is 96.9 Å². The van der Waals surface area contributed by atoms with Crippen molar-refractivity contribution in [1.82, 2.24) is 0 Å². The molecule has 1 aromatic rings. The zero-order valence-electron chi connectivity index (χ0n) is 9.37. The molecule has 5 heteroatoms. The minimum absolute atomic E-state index is 0.0212. The minimum atomic E-state index is -1.30. The molecule has 0 saturated heterocycles. The summed E-state index contributed by atoms with van der Waals surface area (Å²) in [6, 6.07) is 5.79. The Morgan fingerprint density at radius 1 is 1.44 bits per heavy atom. The monoisotopic (exact) mass is 240 g/mol. The van der Waals surface area contributed by atoms with Crippen molar-refractivity contribution in [3.63, 3.8) is 0 Å². The maximum atomic E-state index is 13.2. The summed E-state index contributed by atoms with van der Waals surface area (Å²) in [4.78, 5) is 0. The predicted octanol–water partition coefficient (Wildman–Crippen LogP) is 2.57. The van der Waals surface area contributed by atoms with Gasteiger partial charge in [0.15, 0.2) is 0 Å². The van der Waals surface area contributed by atoms with Gasteiger partial charge < -0.3 is 4.72 Å². The lowest BCUT2D eigenvalue weighted by Crippen LogP contribution is -2.27. The Balaban J connectivity index is 2.89. The van der Waals surface area contributed by atoms with Crippen LogP contribution in [0.3, 0.4) is 0 Å². The van der Waals surface area contributed by atoms with Gasteiger partial charge in [0.05, 0.1) is 10.3 Å². The number of halogens is 1. The van der Waals surface area contributed by atoms with Crippen LogP contribution in [0, 0.1) is 17.1 Å². The fraction of sp³-hybridized carbons (Fsp3) is 0.364. The second-order valence-electron chi connectivity index (χ2n) is 4.29. The highest BCUT2D eigenvalue weighted by molar-refractivity contribution is 7.87. The lowest BCUT2D eigenvalue weighted by atomic mass is 10.2. The molecule has 0 aromatic heterocycles. The maximum Gasteiger partial charge on any atom is 0.143 e. The van der Waals surface area contributed by atoms with Crippen molar-refractivity contribution in [1.29, 1.82) is 5.26 Å². The number of hydrogen-bond donors (Lipinski definition) is 1. The van der Waals surface area contributed by atoms with E-state index in [9.17, 15) is 8.60 Å². The molecule has 0 aliphatic rings. The fourth-order valence-electron chi connectivity index (χ4n) is 0.929. The van der Waals surface area contributed by atoms with Crippen LogP contribution in [0.5, 0.6) is 0 Å². The van der Waals surface area contributed by atoms with Gasteiger partial charge in [-0.25, -0.2) is 8.60 Å². The number of nitriles is 1. The van der Waals surface area contributed by atoms with Gasteiger partial charge >= 0.3 is 0 Å². The van der Waals surface area contributed by atoms with Gasteiger partial charge in [0.2, 0.25) is 0 Å². The third-order valence-corrected chi connectivity index (χ3v) is 3.39. The smallest absolute Gasteiger partial charge is 0.143 e. The van der Waals surface area contributed by atoms with E-state index in [-0.39, 0.29) is 5.56 Å². The van der Waals surface area contributed by atoms with E-state index < -0.39 is 21.5 Å². The summed E-state index contributed by atoms with van der Waals surface area (Å²) in [6.45, 7) is 5.45. The summed E-state index contributed by atoms with van der Waals surface area (Å²) in [7, 11) is -1.30. The zero-order chi connectivity index (χ0) is 12.3. The van der Waals surface area contributed by atoms with E-state index in [1.807, 2.05) is 20.8 Å². The molecule has 0 aliphatic carbocycles. The first-order valence-corrected chi connectivity index (χ1v) is 5.88. The normalized spacial score (nSPS) is 12.9. The van der Waals surface area contributed by atoms with Crippen molar-refractivity contribution in [2.45, 2.75) is 25.5 Å². The molecule has 1 rings (SSSR count). The quantitative estimate of drug-likeness (QED) is 0.863. The second-order valence-corrected chi connectivity index (χ2v) is 6.26. The number of benzene rings is 1. The van der Waals surface area contributed by atoms with E-state index >= 15 is 0 Å². The van der Waals surface area contributed by atoms with Crippen LogP contribution in [-0.4, -0.2) is 8.96 Å². The minimum Gasteiger partial charge on any atom is -0.305 e. The molecule has 0 fully saturated rings. The van der Waals surface area contributed by atoms with Crippen LogP contribution in [0.15, 0.2) is 18.2 Å². The first-order chi connectivity index (χ1) is 7.34. The molecule has 0 spiro atoms. The highest BCUT2D eigenvalue weighted by Crippen LogP contribution is 2.18. The Hall–Kier alpha value is -1.41. The van der Waals surface area contributed by atoms with E-state index in [1.54, 1.807) is 6.07 Å². The molecule has 1 unspecified atom stereocenters. The number of hydrogen-bond acceptors (Lipinski definition) is 2. The molecule has 0 radical (unpaired) electrons. The van der Waals surface area contributed by atoms with Crippen LogP contribution < -0.4 is 4.72 Å². The average molecular weight is 240 g/mol. The average Bonchev–Trinajstić information content (AvgIpc) is 2.16. The fourth-order valence-corrected chi connectivity index (χ4v) is 1.58. The molecule has 1 atom stereocenters. The summed E-state index contributed by atoms with van der Waals surface area (Å²) in [5, 5.41) is 8.55. The van der Waals surface area contributed by atoms with Crippen LogP contribution in [0.1, 0.15) is 26.3 Å². The zero-order valence-corrected chi connectivity index (χ0v) is 10.2. The first kappa shape index (κ1) is 12.7. The van der Waals surface area contributed by atoms with Crippen molar-refractivity contribution in [3.05, 3.63) is 29.6 Å². The molecular formula is C11H13FN2OS. The van der Waals surface area contributed by atoms with E-state index in [1.165, 1.54) is 18.2 Å². The first-order valence-electron chi connectivity index (χ1n) is 4.73. The lowest BCUT2D eigenvalue weighted by molar-refractivity contribution is 0.624. The van der Waals surface area contributed by atoms with Gasteiger partial charge in [-0.2, -0.15) is 5.26 Å². The standard InChI is InChI=1S/C11H13FN2OS/c1-11(2,3)16(15)14-9-5-4-8(7-13)10(12)6-9/h4-6,14H,1-3H3. The van der Waals surface area contributed by atoms with Crippen molar-refractivity contribution < 1.29 is 8.60 Å². The number of rotatable bonds is 2. The molecule has 3 nitrogen and oxygen atoms in total. The van der Waals surface area contributed by atoms with Crippen molar-refractivity contribution in [2.75, 3.05) is 4.72 Å². The summed E-state index contributed by atoms with van der Waals surface area (Å²) >= 11 is 0. The van der Waals surface area contributed by atoms with Crippen molar-refractivity contribution in [2.24, 2.45) is 0 Å². The summed E-state index contributed by atoms with van der Waals surface area (Å²) in [5.41, 5.74) is 0.386. The molecule has 86 valence electrons. The van der Waals surface area contributed by atoms with Crippen LogP contribution in [0.2, 0.25) is 0 Å². The van der Waals surface area contributed by atoms with Crippen LogP contribution in [-0.2, 0) is 11.0 Å². The van der Waals surface area contributed by atoms with E-state index in [0.29, 0.717) is 5.69 Å². The maximum absolute atomic E-state index is 13.2. The van der Waals surface area contributed by atoms with Crippen LogP contribution >= 0.6 is 0 Å². The lowest BCUT2D eigenvalue weighted by Gasteiger charge is -2.18. The molecular weight excluding hydrogens is 227 g/mol. The second kappa shape index (κ2) is 4.62. The predicted molar refractivity (Wildman–Crippen MR) is 62.6 cm³/mol. The topological polar surface area (TPSA) is 52.9 Å². The Bertz CT molecular complexity index is 460.